The van der Waals surface area contributed by atoms with Gasteiger partial charge in [0.05, 0.1) is 19.6 Å². The molecule has 0 aromatic heterocycles. The molecule has 5 heteroatoms. The molecule has 2 aromatic carbocycles. The highest BCUT2D eigenvalue weighted by Crippen LogP contribution is 2.26. The van der Waals surface area contributed by atoms with E-state index in [1.807, 2.05) is 31.2 Å². The Bertz CT molecular complexity index is 702. The van der Waals surface area contributed by atoms with Crippen LogP contribution >= 0.6 is 0 Å². The van der Waals surface area contributed by atoms with Crippen LogP contribution in [0.5, 0.6) is 5.75 Å². The van der Waals surface area contributed by atoms with E-state index in [0.29, 0.717) is 12.2 Å². The van der Waals surface area contributed by atoms with E-state index in [1.165, 1.54) is 13.2 Å². The van der Waals surface area contributed by atoms with E-state index in [2.05, 4.69) is 5.32 Å². The van der Waals surface area contributed by atoms with Crippen molar-refractivity contribution < 1.29 is 18.7 Å². The van der Waals surface area contributed by atoms with Crippen LogP contribution < -0.4 is 10.1 Å². The summed E-state index contributed by atoms with van der Waals surface area (Å²) >= 11 is 0. The molecule has 134 valence electrons. The molecule has 1 N–H and O–H groups in total. The number of carbonyl (C=O) groups excluding carboxylic acids is 1. The summed E-state index contributed by atoms with van der Waals surface area (Å²) in [6.45, 7) is 4.46. The van der Waals surface area contributed by atoms with Gasteiger partial charge in [-0.2, -0.15) is 0 Å². The Labute approximate surface area is 148 Å². The molecule has 0 fully saturated rings. The van der Waals surface area contributed by atoms with E-state index in [-0.39, 0.29) is 24.7 Å². The number of hydrogen-bond acceptors (Lipinski definition) is 3. The highest BCUT2D eigenvalue weighted by Gasteiger charge is 2.29. The molecule has 0 aliphatic carbocycles. The zero-order chi connectivity index (χ0) is 18.3. The summed E-state index contributed by atoms with van der Waals surface area (Å²) in [7, 11) is 1.51. The highest BCUT2D eigenvalue weighted by molar-refractivity contribution is 5.78. The van der Waals surface area contributed by atoms with Gasteiger partial charge in [-0.1, -0.05) is 30.3 Å². The fourth-order valence-corrected chi connectivity index (χ4v) is 2.55. The van der Waals surface area contributed by atoms with Crippen molar-refractivity contribution in [2.45, 2.75) is 25.9 Å². The van der Waals surface area contributed by atoms with E-state index in [9.17, 15) is 9.18 Å². The van der Waals surface area contributed by atoms with Gasteiger partial charge >= 0.3 is 0 Å². The van der Waals surface area contributed by atoms with Crippen LogP contribution in [0.2, 0.25) is 0 Å². The molecule has 1 atom stereocenters. The molecule has 0 radical (unpaired) electrons. The minimum Gasteiger partial charge on any atom is -0.494 e. The molecule has 0 saturated carbocycles. The minimum atomic E-state index is -0.931. The number of benzene rings is 2. The zero-order valence-electron chi connectivity index (χ0n) is 14.8. The van der Waals surface area contributed by atoms with Gasteiger partial charge in [0.1, 0.15) is 17.2 Å². The van der Waals surface area contributed by atoms with E-state index < -0.39 is 5.60 Å². The largest absolute Gasteiger partial charge is 0.494 e. The molecule has 25 heavy (non-hydrogen) atoms. The Hall–Kier alpha value is -2.40. The number of carbonyl (C=O) groups is 1. The van der Waals surface area contributed by atoms with Crippen LogP contribution in [-0.4, -0.2) is 26.2 Å². The van der Waals surface area contributed by atoms with Crippen molar-refractivity contribution in [2.24, 2.45) is 0 Å². The van der Waals surface area contributed by atoms with Crippen LogP contribution in [0.3, 0.4) is 0 Å². The van der Waals surface area contributed by atoms with Gasteiger partial charge < -0.3 is 14.8 Å². The van der Waals surface area contributed by atoms with Crippen LogP contribution in [0, 0.1) is 5.82 Å². The predicted octanol–water partition coefficient (Wildman–Crippen LogP) is 3.44. The molecular weight excluding hydrogens is 321 g/mol. The van der Waals surface area contributed by atoms with Crippen LogP contribution in [0.15, 0.2) is 48.5 Å². The number of methoxy groups -OCH3 is 1. The molecule has 2 rings (SSSR count). The summed E-state index contributed by atoms with van der Waals surface area (Å²) in [5.41, 5.74) is 0.365. The average Bonchev–Trinajstić information content (AvgIpc) is 2.62. The van der Waals surface area contributed by atoms with Crippen LogP contribution in [0.4, 0.5) is 4.39 Å². The van der Waals surface area contributed by atoms with E-state index in [1.54, 1.807) is 25.1 Å². The number of nitrogens with one attached hydrogen (secondary N) is 1. The van der Waals surface area contributed by atoms with Gasteiger partial charge in [-0.25, -0.2) is 4.39 Å². The van der Waals surface area contributed by atoms with Gasteiger partial charge in [0.15, 0.2) is 0 Å². The number of ether oxygens (including phenoxy) is 2. The molecule has 0 aliphatic heterocycles. The standard InChI is InChI=1S/C20H24FNO3/c1-4-25-16-11-9-15(10-12-16)13-19(23)22-14-20(2,24-3)17-7-5-6-8-18(17)21/h5-12H,4,13-14H2,1-3H3,(H,22,23). The lowest BCUT2D eigenvalue weighted by molar-refractivity contribution is -0.122. The molecular formula is C20H24FNO3. The van der Waals surface area contributed by atoms with Crippen LogP contribution in [0.1, 0.15) is 25.0 Å². The topological polar surface area (TPSA) is 47.6 Å². The third-order valence-corrected chi connectivity index (χ3v) is 4.12. The molecule has 0 aliphatic rings. The molecule has 1 amide bonds. The number of amides is 1. The maximum absolute atomic E-state index is 14.0. The van der Waals surface area contributed by atoms with Gasteiger partial charge in [0.25, 0.3) is 0 Å². The quantitative estimate of drug-likeness (QED) is 0.797. The number of hydrogen-bond donors (Lipinski definition) is 1. The summed E-state index contributed by atoms with van der Waals surface area (Å²) in [6, 6.07) is 13.8. The maximum Gasteiger partial charge on any atom is 0.224 e. The third-order valence-electron chi connectivity index (χ3n) is 4.12. The fraction of sp³-hybridized carbons (Fsp3) is 0.350. The van der Waals surface area contributed by atoms with Gasteiger partial charge in [-0.05, 0) is 37.6 Å². The van der Waals surface area contributed by atoms with Crippen LogP contribution in [-0.2, 0) is 21.6 Å². The maximum atomic E-state index is 14.0. The second kappa shape index (κ2) is 8.62. The Balaban J connectivity index is 1.97. The van der Waals surface area contributed by atoms with Gasteiger partial charge in [0, 0.05) is 12.7 Å². The monoisotopic (exact) mass is 345 g/mol. The Morgan fingerprint density at radius 3 is 2.44 bits per heavy atom. The number of halogens is 1. The van der Waals surface area contributed by atoms with Crippen molar-refractivity contribution in [1.29, 1.82) is 0 Å². The lowest BCUT2D eigenvalue weighted by Gasteiger charge is -2.29. The molecule has 1 unspecified atom stereocenters. The molecule has 2 aromatic rings. The normalized spacial score (nSPS) is 13.1. The van der Waals surface area contributed by atoms with E-state index in [0.717, 1.165) is 11.3 Å². The van der Waals surface area contributed by atoms with Crippen molar-refractivity contribution in [3.05, 3.63) is 65.5 Å². The SMILES string of the molecule is CCOc1ccc(CC(=O)NCC(C)(OC)c2ccccc2F)cc1. The summed E-state index contributed by atoms with van der Waals surface area (Å²) < 4.78 is 24.9. The first-order valence-corrected chi connectivity index (χ1v) is 8.27. The highest BCUT2D eigenvalue weighted by atomic mass is 19.1. The Morgan fingerprint density at radius 2 is 1.84 bits per heavy atom. The van der Waals surface area contributed by atoms with Crippen molar-refractivity contribution >= 4 is 5.91 Å². The lowest BCUT2D eigenvalue weighted by Crippen LogP contribution is -2.41. The summed E-state index contributed by atoms with van der Waals surface area (Å²) in [5, 5.41) is 2.83. The molecule has 0 spiro atoms. The van der Waals surface area contributed by atoms with Gasteiger partial charge in [-0.15, -0.1) is 0 Å². The molecule has 0 heterocycles. The zero-order valence-corrected chi connectivity index (χ0v) is 14.8. The molecule has 4 nitrogen and oxygen atoms in total. The Kier molecular flexibility index (Phi) is 6.53. The van der Waals surface area contributed by atoms with Gasteiger partial charge in [-0.3, -0.25) is 4.79 Å². The van der Waals surface area contributed by atoms with E-state index >= 15 is 0 Å². The summed E-state index contributed by atoms with van der Waals surface area (Å²) in [4.78, 5) is 12.2. The van der Waals surface area contributed by atoms with E-state index in [4.69, 9.17) is 9.47 Å². The first-order chi connectivity index (χ1) is 12.0. The number of rotatable bonds is 8. The third kappa shape index (κ3) is 5.03. The summed E-state index contributed by atoms with van der Waals surface area (Å²) in [6.07, 6.45) is 0.240. The van der Waals surface area contributed by atoms with Crippen molar-refractivity contribution in [1.82, 2.24) is 5.32 Å². The van der Waals surface area contributed by atoms with Gasteiger partial charge in [0.2, 0.25) is 5.91 Å². The first-order valence-electron chi connectivity index (χ1n) is 8.27. The van der Waals surface area contributed by atoms with Crippen molar-refractivity contribution in [3.8, 4) is 5.75 Å². The van der Waals surface area contributed by atoms with Crippen molar-refractivity contribution in [2.75, 3.05) is 20.3 Å². The molecule has 0 saturated heterocycles. The van der Waals surface area contributed by atoms with Crippen LogP contribution in [0.25, 0.3) is 0 Å². The second-order valence-corrected chi connectivity index (χ2v) is 5.95. The lowest BCUT2D eigenvalue weighted by atomic mass is 9.95. The predicted molar refractivity (Wildman–Crippen MR) is 95.1 cm³/mol. The summed E-state index contributed by atoms with van der Waals surface area (Å²) in [5.74, 6) is 0.273. The second-order valence-electron chi connectivity index (χ2n) is 5.95. The Morgan fingerprint density at radius 1 is 1.16 bits per heavy atom. The average molecular weight is 345 g/mol. The van der Waals surface area contributed by atoms with Crippen molar-refractivity contribution in [3.63, 3.8) is 0 Å². The first kappa shape index (κ1) is 18.9. The molecule has 0 bridgehead atoms. The fourth-order valence-electron chi connectivity index (χ4n) is 2.55. The minimum absolute atomic E-state index is 0.149. The smallest absolute Gasteiger partial charge is 0.224 e.